The average molecular weight is 369 g/mol. The van der Waals surface area contributed by atoms with Gasteiger partial charge in [0, 0.05) is 24.6 Å². The maximum Gasteiger partial charge on any atom is 0.345 e. The van der Waals surface area contributed by atoms with Crippen molar-refractivity contribution in [3.63, 3.8) is 0 Å². The zero-order valence-corrected chi connectivity index (χ0v) is 16.7. The van der Waals surface area contributed by atoms with Gasteiger partial charge < -0.3 is 0 Å². The van der Waals surface area contributed by atoms with E-state index in [2.05, 4.69) is 30.7 Å². The minimum Gasteiger partial charge on any atom is -0.275 e. The molecule has 0 aromatic carbocycles. The van der Waals surface area contributed by atoms with Gasteiger partial charge in [0.15, 0.2) is 0 Å². The highest BCUT2D eigenvalue weighted by molar-refractivity contribution is 6.15. The molecule has 0 bridgehead atoms. The molecule has 1 heterocycles. The van der Waals surface area contributed by atoms with E-state index in [1.165, 1.54) is 11.0 Å². The molecule has 1 rings (SSSR count). The molecule has 0 atom stereocenters. The van der Waals surface area contributed by atoms with Gasteiger partial charge >= 0.3 is 5.97 Å². The highest BCUT2D eigenvalue weighted by Crippen LogP contribution is 2.29. The Bertz CT molecular complexity index is 559. The van der Waals surface area contributed by atoms with E-state index in [9.17, 15) is 14.4 Å². The van der Waals surface area contributed by atoms with Gasteiger partial charge in [-0.25, -0.2) is 4.79 Å². The van der Waals surface area contributed by atoms with Gasteiger partial charge in [0.25, 0.3) is 11.8 Å². The molecule has 0 saturated heterocycles. The molecule has 7 nitrogen and oxygen atoms in total. The second-order valence-electron chi connectivity index (χ2n) is 8.54. The van der Waals surface area contributed by atoms with Gasteiger partial charge in [-0.3, -0.25) is 19.4 Å². The largest absolute Gasteiger partial charge is 0.345 e. The predicted molar refractivity (Wildman–Crippen MR) is 95.4 cm³/mol. The second-order valence-corrected chi connectivity index (χ2v) is 8.54. The third-order valence-electron chi connectivity index (χ3n) is 3.79. The molecule has 0 unspecified atom stereocenters. The van der Waals surface area contributed by atoms with Crippen LogP contribution in [0.4, 0.5) is 0 Å². The van der Waals surface area contributed by atoms with Crippen LogP contribution >= 0.6 is 0 Å². The van der Waals surface area contributed by atoms with Gasteiger partial charge in [-0.15, -0.1) is 0 Å². The third kappa shape index (κ3) is 8.10. The third-order valence-corrected chi connectivity index (χ3v) is 3.79. The molecule has 0 fully saturated rings. The number of carbonyl (C=O) groups is 3. The molecular formula is C19H31NO6. The zero-order chi connectivity index (χ0) is 20.0. The van der Waals surface area contributed by atoms with Crippen molar-refractivity contribution in [3.05, 3.63) is 11.6 Å². The van der Waals surface area contributed by atoms with Gasteiger partial charge in [0.05, 0.1) is 0 Å². The van der Waals surface area contributed by atoms with Crippen LogP contribution in [0.2, 0.25) is 0 Å². The predicted octanol–water partition coefficient (Wildman–Crippen LogP) is 3.48. The van der Waals surface area contributed by atoms with Crippen molar-refractivity contribution < 1.29 is 29.2 Å². The fourth-order valence-corrected chi connectivity index (χ4v) is 3.06. The van der Waals surface area contributed by atoms with Crippen molar-refractivity contribution in [2.24, 2.45) is 5.41 Å². The van der Waals surface area contributed by atoms with E-state index in [4.69, 9.17) is 4.89 Å². The van der Waals surface area contributed by atoms with E-state index in [1.54, 1.807) is 6.92 Å². The number of nitrogens with zero attached hydrogens (tertiary/aromatic N) is 1. The van der Waals surface area contributed by atoms with E-state index in [-0.39, 0.29) is 23.7 Å². The number of hydrogen-bond donors (Lipinski definition) is 0. The highest BCUT2D eigenvalue weighted by Gasteiger charge is 2.29. The summed E-state index contributed by atoms with van der Waals surface area (Å²) in [7, 11) is 0. The van der Waals surface area contributed by atoms with Crippen LogP contribution in [0.1, 0.15) is 73.6 Å². The van der Waals surface area contributed by atoms with E-state index >= 15 is 0 Å². The fraction of sp³-hybridized carbons (Fsp3) is 0.737. The monoisotopic (exact) mass is 369 g/mol. The minimum atomic E-state index is -0.570. The number of imide groups is 1. The number of carbonyl (C=O) groups excluding carboxylic acids is 3. The molecule has 0 N–H and O–H groups in total. The number of unbranched alkanes of at least 4 members (excludes halogenated alkanes) is 2. The van der Waals surface area contributed by atoms with E-state index in [1.807, 2.05) is 13.8 Å². The molecule has 0 spiro atoms. The summed E-state index contributed by atoms with van der Waals surface area (Å²) in [6, 6.07) is 0. The molecule has 2 amide bonds. The first kappa shape index (κ1) is 22.3. The summed E-state index contributed by atoms with van der Waals surface area (Å²) in [5.74, 6) is -1.02. The lowest BCUT2D eigenvalue weighted by Gasteiger charge is -2.29. The minimum absolute atomic E-state index is 0.0586. The Hall–Kier alpha value is -1.73. The summed E-state index contributed by atoms with van der Waals surface area (Å²) < 4.78 is 0. The van der Waals surface area contributed by atoms with Crippen molar-refractivity contribution in [2.75, 3.05) is 6.54 Å². The van der Waals surface area contributed by atoms with Crippen LogP contribution in [0.25, 0.3) is 0 Å². The smallest absolute Gasteiger partial charge is 0.275 e. The molecule has 0 radical (unpaired) electrons. The van der Waals surface area contributed by atoms with E-state index in [0.717, 1.165) is 6.42 Å². The summed E-state index contributed by atoms with van der Waals surface area (Å²) >= 11 is 0. The maximum atomic E-state index is 11.7. The zero-order valence-electron chi connectivity index (χ0n) is 16.7. The fourth-order valence-electron chi connectivity index (χ4n) is 3.06. The van der Waals surface area contributed by atoms with E-state index in [0.29, 0.717) is 31.4 Å². The first-order chi connectivity index (χ1) is 11.9. The Balaban J connectivity index is 2.12. The van der Waals surface area contributed by atoms with Crippen molar-refractivity contribution in [2.45, 2.75) is 79.2 Å². The first-order valence-corrected chi connectivity index (χ1v) is 9.01. The lowest BCUT2D eigenvalue weighted by molar-refractivity contribution is -0.518. The van der Waals surface area contributed by atoms with Gasteiger partial charge in [-0.1, -0.05) is 27.2 Å². The summed E-state index contributed by atoms with van der Waals surface area (Å²) in [4.78, 5) is 45.9. The van der Waals surface area contributed by atoms with Gasteiger partial charge in [-0.05, 0) is 50.5 Å². The topological polar surface area (TPSA) is 82.1 Å². The van der Waals surface area contributed by atoms with Crippen molar-refractivity contribution in [1.29, 1.82) is 0 Å². The Morgan fingerprint density at radius 3 is 2.27 bits per heavy atom. The van der Waals surface area contributed by atoms with Crippen LogP contribution < -0.4 is 0 Å². The molecular weight excluding hydrogens is 338 g/mol. The van der Waals surface area contributed by atoms with Crippen molar-refractivity contribution in [3.8, 4) is 0 Å². The molecule has 0 aromatic rings. The Morgan fingerprint density at radius 2 is 1.73 bits per heavy atom. The van der Waals surface area contributed by atoms with E-state index < -0.39 is 11.6 Å². The lowest BCUT2D eigenvalue weighted by Crippen LogP contribution is -2.31. The second kappa shape index (κ2) is 9.28. The molecule has 26 heavy (non-hydrogen) atoms. The van der Waals surface area contributed by atoms with Gasteiger partial charge in [0.2, 0.25) is 0 Å². The summed E-state index contributed by atoms with van der Waals surface area (Å²) in [6.07, 6.45) is 4.18. The van der Waals surface area contributed by atoms with Crippen LogP contribution in [0.5, 0.6) is 0 Å². The molecule has 0 aromatic heterocycles. The van der Waals surface area contributed by atoms with Gasteiger partial charge in [-0.2, -0.15) is 4.89 Å². The number of rotatable bonds is 10. The Labute approximate surface area is 155 Å². The summed E-state index contributed by atoms with van der Waals surface area (Å²) in [5, 5.41) is 4.63. The molecule has 148 valence electrons. The van der Waals surface area contributed by atoms with Crippen molar-refractivity contribution in [1.82, 2.24) is 4.90 Å². The Morgan fingerprint density at radius 1 is 1.08 bits per heavy atom. The number of amides is 2. The normalized spacial score (nSPS) is 15.5. The maximum absolute atomic E-state index is 11.7. The quantitative estimate of drug-likeness (QED) is 0.254. The standard InChI is InChI=1S/C19H31NO6/c1-14-12-15(21)20(17(14)23)11-9-7-8-10-16(22)24-26-25-19(5,6)13-18(2,3)4/h12H,7-11,13H2,1-6H3. The SMILES string of the molecule is CC1=CC(=O)N(CCCCCC(=O)OOOC(C)(C)CC(C)(C)C)C1=O. The van der Waals surface area contributed by atoms with Crippen LogP contribution in [-0.2, 0) is 29.2 Å². The summed E-state index contributed by atoms with van der Waals surface area (Å²) in [6.45, 7) is 12.0. The van der Waals surface area contributed by atoms with Crippen LogP contribution in [0, 0.1) is 5.41 Å². The highest BCUT2D eigenvalue weighted by atomic mass is 17.5. The molecule has 1 aliphatic heterocycles. The Kier molecular flexibility index (Phi) is 7.96. The lowest BCUT2D eigenvalue weighted by atomic mass is 9.84. The van der Waals surface area contributed by atoms with Crippen LogP contribution in [0.3, 0.4) is 0 Å². The van der Waals surface area contributed by atoms with Crippen LogP contribution in [-0.4, -0.2) is 34.8 Å². The average Bonchev–Trinajstić information content (AvgIpc) is 2.70. The van der Waals surface area contributed by atoms with Gasteiger partial charge in [0.1, 0.15) is 5.60 Å². The van der Waals surface area contributed by atoms with Crippen LogP contribution in [0.15, 0.2) is 11.6 Å². The number of hydrogen-bond acceptors (Lipinski definition) is 6. The summed E-state index contributed by atoms with van der Waals surface area (Å²) in [5.41, 5.74) is -0.0483. The molecule has 7 heteroatoms. The molecule has 0 aliphatic carbocycles. The van der Waals surface area contributed by atoms with Crippen molar-refractivity contribution >= 4 is 17.8 Å². The molecule has 1 aliphatic rings. The first-order valence-electron chi connectivity index (χ1n) is 9.01. The molecule has 0 saturated carbocycles.